The molecule has 0 saturated carbocycles. The second kappa shape index (κ2) is 6.11. The second-order valence-corrected chi connectivity index (χ2v) is 4.98. The number of likely N-dealkylation sites (tertiary alicyclic amines) is 1. The molecule has 1 heterocycles. The first kappa shape index (κ1) is 15.3. The van der Waals surface area contributed by atoms with E-state index in [1.54, 1.807) is 0 Å². The molecule has 0 radical (unpaired) electrons. The van der Waals surface area contributed by atoms with Crippen LogP contribution in [0.2, 0.25) is 0 Å². The van der Waals surface area contributed by atoms with Gasteiger partial charge in [0.15, 0.2) is 5.60 Å². The predicted octanol–water partition coefficient (Wildman–Crippen LogP) is 0.205. The van der Waals surface area contributed by atoms with Crippen LogP contribution < -0.4 is 0 Å². The maximum absolute atomic E-state index is 11.9. The first-order chi connectivity index (χ1) is 9.93. The van der Waals surface area contributed by atoms with Crippen molar-refractivity contribution in [1.29, 1.82) is 0 Å². The van der Waals surface area contributed by atoms with Crippen LogP contribution in [0.25, 0.3) is 0 Å². The Morgan fingerprint density at radius 1 is 1.33 bits per heavy atom. The second-order valence-electron chi connectivity index (χ2n) is 4.98. The fraction of sp³-hybridized carbons (Fsp3) is 0.429. The van der Waals surface area contributed by atoms with Gasteiger partial charge >= 0.3 is 12.1 Å². The van der Waals surface area contributed by atoms with Crippen molar-refractivity contribution in [3.63, 3.8) is 0 Å². The monoisotopic (exact) mass is 295 g/mol. The topological polar surface area (TPSA) is 107 Å². The van der Waals surface area contributed by atoms with Crippen LogP contribution in [0, 0.1) is 0 Å². The van der Waals surface area contributed by atoms with E-state index >= 15 is 0 Å². The van der Waals surface area contributed by atoms with Crippen LogP contribution in [-0.4, -0.2) is 57.1 Å². The molecule has 7 nitrogen and oxygen atoms in total. The van der Waals surface area contributed by atoms with Gasteiger partial charge in [0.05, 0.1) is 6.54 Å². The minimum atomic E-state index is -2.21. The Bertz CT molecular complexity index is 519. The molecule has 1 saturated heterocycles. The van der Waals surface area contributed by atoms with Gasteiger partial charge in [0, 0.05) is 13.0 Å². The van der Waals surface area contributed by atoms with E-state index in [1.165, 1.54) is 4.90 Å². The van der Waals surface area contributed by atoms with Gasteiger partial charge in [0.2, 0.25) is 0 Å². The van der Waals surface area contributed by atoms with E-state index in [-0.39, 0.29) is 26.1 Å². The lowest BCUT2D eigenvalue weighted by Crippen LogP contribution is -2.60. The van der Waals surface area contributed by atoms with E-state index < -0.39 is 23.8 Å². The molecule has 1 aliphatic rings. The van der Waals surface area contributed by atoms with E-state index in [0.717, 1.165) is 5.56 Å². The van der Waals surface area contributed by atoms with Gasteiger partial charge in [-0.25, -0.2) is 9.59 Å². The lowest BCUT2D eigenvalue weighted by atomic mass is 9.89. The average Bonchev–Trinajstić information content (AvgIpc) is 2.48. The minimum Gasteiger partial charge on any atom is -0.479 e. The molecule has 1 fully saturated rings. The highest BCUT2D eigenvalue weighted by atomic mass is 16.6. The van der Waals surface area contributed by atoms with Gasteiger partial charge < -0.3 is 25.0 Å². The Morgan fingerprint density at radius 3 is 2.57 bits per heavy atom. The van der Waals surface area contributed by atoms with Gasteiger partial charge in [-0.2, -0.15) is 0 Å². The summed E-state index contributed by atoms with van der Waals surface area (Å²) in [5.74, 6) is -1.49. The summed E-state index contributed by atoms with van der Waals surface area (Å²) >= 11 is 0. The van der Waals surface area contributed by atoms with Crippen molar-refractivity contribution in [3.05, 3.63) is 35.9 Å². The fourth-order valence-electron chi connectivity index (χ4n) is 2.15. The third kappa shape index (κ3) is 3.32. The molecule has 0 spiro atoms. The molecule has 2 atom stereocenters. The number of hydrogen-bond donors (Lipinski definition) is 3. The molecule has 0 bridgehead atoms. The van der Waals surface area contributed by atoms with Crippen molar-refractivity contribution in [2.75, 3.05) is 13.1 Å². The van der Waals surface area contributed by atoms with Crippen LogP contribution in [0.1, 0.15) is 12.0 Å². The summed E-state index contributed by atoms with van der Waals surface area (Å²) in [6.45, 7) is -0.181. The molecular formula is C14H17NO6. The predicted molar refractivity (Wildman–Crippen MR) is 71.4 cm³/mol. The number of rotatable bonds is 3. The Hall–Kier alpha value is -2.12. The number of ether oxygens (including phenoxy) is 1. The number of amides is 1. The summed E-state index contributed by atoms with van der Waals surface area (Å²) < 4.78 is 5.09. The van der Waals surface area contributed by atoms with E-state index in [9.17, 15) is 19.8 Å². The van der Waals surface area contributed by atoms with Crippen molar-refractivity contribution in [2.45, 2.75) is 24.7 Å². The molecule has 1 amide bonds. The quantitative estimate of drug-likeness (QED) is 0.735. The summed E-state index contributed by atoms with van der Waals surface area (Å²) in [6, 6.07) is 9.10. The minimum absolute atomic E-state index is 0.00742. The highest BCUT2D eigenvalue weighted by Crippen LogP contribution is 2.23. The number of aliphatic hydroxyl groups is 2. The number of nitrogens with zero attached hydrogens (tertiary/aromatic N) is 1. The van der Waals surface area contributed by atoms with Gasteiger partial charge in [-0.05, 0) is 5.56 Å². The Morgan fingerprint density at radius 2 is 2.00 bits per heavy atom. The van der Waals surface area contributed by atoms with Gasteiger partial charge in [-0.15, -0.1) is 0 Å². The van der Waals surface area contributed by atoms with E-state index in [1.807, 2.05) is 30.3 Å². The first-order valence-electron chi connectivity index (χ1n) is 6.53. The number of aliphatic hydroxyl groups excluding tert-OH is 1. The number of aliphatic carboxylic acids is 1. The SMILES string of the molecule is O=C(OCc1ccccc1)N1CC[C@@](O)(C(=O)O)[C@H](O)C1. The molecule has 21 heavy (non-hydrogen) atoms. The van der Waals surface area contributed by atoms with Crippen LogP contribution >= 0.6 is 0 Å². The number of hydrogen-bond acceptors (Lipinski definition) is 5. The molecular weight excluding hydrogens is 278 g/mol. The largest absolute Gasteiger partial charge is 0.479 e. The summed E-state index contributed by atoms with van der Waals surface area (Å²) in [6.07, 6.45) is -2.44. The molecule has 114 valence electrons. The van der Waals surface area contributed by atoms with Crippen molar-refractivity contribution in [2.24, 2.45) is 0 Å². The van der Waals surface area contributed by atoms with Gasteiger partial charge in [-0.3, -0.25) is 0 Å². The normalized spacial score (nSPS) is 25.4. The molecule has 0 aliphatic carbocycles. The summed E-state index contributed by atoms with van der Waals surface area (Å²) in [4.78, 5) is 24.0. The molecule has 0 aromatic heterocycles. The Labute approximate surface area is 121 Å². The average molecular weight is 295 g/mol. The van der Waals surface area contributed by atoms with Gasteiger partial charge in [-0.1, -0.05) is 30.3 Å². The number of piperidine rings is 1. The van der Waals surface area contributed by atoms with Crippen LogP contribution in [0.5, 0.6) is 0 Å². The highest BCUT2D eigenvalue weighted by Gasteiger charge is 2.48. The summed E-state index contributed by atoms with van der Waals surface area (Å²) in [7, 11) is 0. The molecule has 0 unspecified atom stereocenters. The summed E-state index contributed by atoms with van der Waals surface area (Å²) in [5.41, 5.74) is -1.39. The summed E-state index contributed by atoms with van der Waals surface area (Å²) in [5, 5.41) is 28.4. The highest BCUT2D eigenvalue weighted by molar-refractivity contribution is 5.79. The third-order valence-electron chi connectivity index (χ3n) is 3.54. The smallest absolute Gasteiger partial charge is 0.410 e. The van der Waals surface area contributed by atoms with E-state index in [0.29, 0.717) is 0 Å². The molecule has 2 rings (SSSR count). The van der Waals surface area contributed by atoms with Crippen LogP contribution in [0.15, 0.2) is 30.3 Å². The lowest BCUT2D eigenvalue weighted by Gasteiger charge is -2.38. The van der Waals surface area contributed by atoms with Crippen molar-refractivity contribution in [3.8, 4) is 0 Å². The number of carbonyl (C=O) groups is 2. The van der Waals surface area contributed by atoms with Crippen molar-refractivity contribution < 1.29 is 29.6 Å². The van der Waals surface area contributed by atoms with Crippen LogP contribution in [0.3, 0.4) is 0 Å². The molecule has 1 aromatic rings. The molecule has 7 heteroatoms. The van der Waals surface area contributed by atoms with Gasteiger partial charge in [0.1, 0.15) is 12.7 Å². The van der Waals surface area contributed by atoms with E-state index in [2.05, 4.69) is 0 Å². The van der Waals surface area contributed by atoms with Crippen molar-refractivity contribution in [1.82, 2.24) is 4.90 Å². The Kier molecular flexibility index (Phi) is 4.44. The molecule has 3 N–H and O–H groups in total. The fourth-order valence-corrected chi connectivity index (χ4v) is 2.15. The lowest BCUT2D eigenvalue weighted by molar-refractivity contribution is -0.180. The van der Waals surface area contributed by atoms with Crippen LogP contribution in [0.4, 0.5) is 4.79 Å². The molecule has 1 aliphatic heterocycles. The zero-order valence-corrected chi connectivity index (χ0v) is 11.3. The maximum atomic E-state index is 11.9. The number of carbonyl (C=O) groups excluding carboxylic acids is 1. The first-order valence-corrected chi connectivity index (χ1v) is 6.53. The Balaban J connectivity index is 1.89. The number of carboxylic acid groups (broad SMARTS) is 1. The third-order valence-corrected chi connectivity index (χ3v) is 3.54. The van der Waals surface area contributed by atoms with E-state index in [4.69, 9.17) is 9.84 Å². The number of carboxylic acids is 1. The van der Waals surface area contributed by atoms with Crippen LogP contribution in [-0.2, 0) is 16.1 Å². The molecule has 1 aromatic carbocycles. The zero-order chi connectivity index (χ0) is 15.5. The van der Waals surface area contributed by atoms with Crippen molar-refractivity contribution >= 4 is 12.1 Å². The maximum Gasteiger partial charge on any atom is 0.410 e. The zero-order valence-electron chi connectivity index (χ0n) is 11.3. The number of β-amino-alcohol motifs (C(OH)–C–C–N with tert-alkyl or cyclic N) is 1. The van der Waals surface area contributed by atoms with Gasteiger partial charge in [0.25, 0.3) is 0 Å². The number of benzene rings is 1. The standard InChI is InChI=1S/C14H17NO6/c16-11-8-15(7-6-14(11,20)12(17)18)13(19)21-9-10-4-2-1-3-5-10/h1-5,11,16,20H,6-9H2,(H,17,18)/t11-,14+/m1/s1.